The maximum absolute atomic E-state index is 10.1. The Morgan fingerprint density at radius 3 is 2.00 bits per heavy atom. The Labute approximate surface area is 103 Å². The van der Waals surface area contributed by atoms with E-state index in [0.29, 0.717) is 0 Å². The van der Waals surface area contributed by atoms with E-state index in [-0.39, 0.29) is 5.92 Å². The van der Waals surface area contributed by atoms with Crippen molar-refractivity contribution >= 4 is 0 Å². The Morgan fingerprint density at radius 1 is 1.06 bits per heavy atom. The van der Waals surface area contributed by atoms with Crippen molar-refractivity contribution in [2.45, 2.75) is 38.9 Å². The smallest absolute Gasteiger partial charge is 0.118 e. The fourth-order valence-corrected chi connectivity index (χ4v) is 2.03. The molecule has 0 aliphatic heterocycles. The number of benzene rings is 1. The first kappa shape index (κ1) is 14.0. The van der Waals surface area contributed by atoms with Gasteiger partial charge in [-0.15, -0.1) is 0 Å². The zero-order chi connectivity index (χ0) is 12.8. The molecule has 17 heavy (non-hydrogen) atoms. The lowest BCUT2D eigenvalue weighted by Crippen LogP contribution is -2.26. The summed E-state index contributed by atoms with van der Waals surface area (Å²) in [7, 11) is 1.60. The highest BCUT2D eigenvalue weighted by Gasteiger charge is 2.24. The molecule has 2 N–H and O–H groups in total. The third-order valence-electron chi connectivity index (χ3n) is 3.31. The third kappa shape index (κ3) is 3.45. The topological polar surface area (TPSA) is 49.7 Å². The van der Waals surface area contributed by atoms with Gasteiger partial charge in [-0.1, -0.05) is 38.8 Å². The summed E-state index contributed by atoms with van der Waals surface area (Å²) < 4.78 is 5.06. The zero-order valence-corrected chi connectivity index (χ0v) is 10.8. The first-order valence-electron chi connectivity index (χ1n) is 6.14. The zero-order valence-electron chi connectivity index (χ0n) is 10.8. The van der Waals surface area contributed by atoms with Crippen molar-refractivity contribution < 1.29 is 14.9 Å². The van der Waals surface area contributed by atoms with Crippen LogP contribution in [0.2, 0.25) is 0 Å². The van der Waals surface area contributed by atoms with Crippen molar-refractivity contribution in [2.24, 2.45) is 5.92 Å². The lowest BCUT2D eigenvalue weighted by Gasteiger charge is -2.25. The van der Waals surface area contributed by atoms with Gasteiger partial charge in [0.15, 0.2) is 0 Å². The molecule has 2 unspecified atom stereocenters. The second kappa shape index (κ2) is 6.62. The molecule has 1 rings (SSSR count). The van der Waals surface area contributed by atoms with Gasteiger partial charge in [0.25, 0.3) is 0 Å². The van der Waals surface area contributed by atoms with Crippen LogP contribution in [0.4, 0.5) is 0 Å². The summed E-state index contributed by atoms with van der Waals surface area (Å²) in [5.74, 6) is 0.880. The van der Waals surface area contributed by atoms with E-state index in [9.17, 15) is 10.2 Å². The minimum absolute atomic E-state index is 0.132. The number of hydrogen-bond donors (Lipinski definition) is 2. The molecule has 0 aliphatic rings. The first-order valence-corrected chi connectivity index (χ1v) is 6.14. The molecule has 0 heterocycles. The van der Waals surface area contributed by atoms with E-state index >= 15 is 0 Å². The van der Waals surface area contributed by atoms with Gasteiger partial charge in [-0.2, -0.15) is 0 Å². The highest BCUT2D eigenvalue weighted by molar-refractivity contribution is 5.28. The molecular weight excluding hydrogens is 216 g/mol. The Hall–Kier alpha value is -1.06. The summed E-state index contributed by atoms with van der Waals surface area (Å²) in [6.45, 7) is 4.05. The van der Waals surface area contributed by atoms with Crippen LogP contribution in [0.5, 0.6) is 5.75 Å². The van der Waals surface area contributed by atoms with Crippen LogP contribution in [0.15, 0.2) is 24.3 Å². The lowest BCUT2D eigenvalue weighted by molar-refractivity contribution is -0.0209. The van der Waals surface area contributed by atoms with Crippen molar-refractivity contribution in [1.29, 1.82) is 0 Å². The molecule has 0 aliphatic carbocycles. The van der Waals surface area contributed by atoms with Crippen LogP contribution in [-0.2, 0) is 0 Å². The third-order valence-corrected chi connectivity index (χ3v) is 3.31. The number of hydrogen-bond acceptors (Lipinski definition) is 3. The monoisotopic (exact) mass is 238 g/mol. The summed E-state index contributed by atoms with van der Waals surface area (Å²) in [5.41, 5.74) is 0.727. The average Bonchev–Trinajstić information content (AvgIpc) is 2.39. The predicted octanol–water partition coefficient (Wildman–Crippen LogP) is 2.53. The normalized spacial score (nSPS) is 14.7. The first-order chi connectivity index (χ1) is 8.13. The molecule has 1 aromatic rings. The van der Waals surface area contributed by atoms with Crippen LogP contribution in [0.1, 0.15) is 38.4 Å². The minimum Gasteiger partial charge on any atom is -0.497 e. The quantitative estimate of drug-likeness (QED) is 0.800. The highest BCUT2D eigenvalue weighted by Crippen LogP contribution is 2.26. The van der Waals surface area contributed by atoms with Gasteiger partial charge in [0.1, 0.15) is 11.9 Å². The van der Waals surface area contributed by atoms with Crippen molar-refractivity contribution in [3.8, 4) is 5.75 Å². The van der Waals surface area contributed by atoms with Crippen LogP contribution in [0, 0.1) is 5.92 Å². The molecule has 3 nitrogen and oxygen atoms in total. The van der Waals surface area contributed by atoms with Gasteiger partial charge in [0, 0.05) is 0 Å². The fraction of sp³-hybridized carbons (Fsp3) is 0.571. The van der Waals surface area contributed by atoms with E-state index in [4.69, 9.17) is 4.74 Å². The second-order valence-electron chi connectivity index (χ2n) is 4.29. The maximum atomic E-state index is 10.1. The summed E-state index contributed by atoms with van der Waals surface area (Å²) in [4.78, 5) is 0. The number of rotatable bonds is 6. The number of ether oxygens (including phenoxy) is 1. The Morgan fingerprint density at radius 2 is 1.59 bits per heavy atom. The molecule has 0 radical (unpaired) electrons. The molecule has 3 heteroatoms. The fourth-order valence-electron chi connectivity index (χ4n) is 2.03. The molecular formula is C14H22O3. The van der Waals surface area contributed by atoms with Crippen molar-refractivity contribution in [2.75, 3.05) is 7.11 Å². The van der Waals surface area contributed by atoms with Crippen LogP contribution >= 0.6 is 0 Å². The minimum atomic E-state index is -0.828. The summed E-state index contributed by atoms with van der Waals surface area (Å²) in [6, 6.07) is 7.15. The van der Waals surface area contributed by atoms with Gasteiger partial charge in [-0.05, 0) is 23.6 Å². The van der Waals surface area contributed by atoms with Gasteiger partial charge in [0.05, 0.1) is 13.2 Å². The predicted molar refractivity (Wildman–Crippen MR) is 68.0 cm³/mol. The molecule has 0 bridgehead atoms. The summed E-state index contributed by atoms with van der Waals surface area (Å²) in [6.07, 6.45) is 0.194. The molecule has 96 valence electrons. The van der Waals surface area contributed by atoms with Gasteiger partial charge in [-0.25, -0.2) is 0 Å². The van der Waals surface area contributed by atoms with Crippen molar-refractivity contribution in [3.63, 3.8) is 0 Å². The van der Waals surface area contributed by atoms with Gasteiger partial charge < -0.3 is 14.9 Å². The lowest BCUT2D eigenvalue weighted by atomic mass is 9.90. The van der Waals surface area contributed by atoms with Gasteiger partial charge in [0.2, 0.25) is 0 Å². The maximum Gasteiger partial charge on any atom is 0.118 e. The Balaban J connectivity index is 2.76. The van der Waals surface area contributed by atoms with Crippen LogP contribution in [-0.4, -0.2) is 23.4 Å². The number of aliphatic hydroxyl groups is 2. The van der Waals surface area contributed by atoms with E-state index in [1.165, 1.54) is 0 Å². The number of aliphatic hydroxyl groups excluding tert-OH is 2. The number of methoxy groups -OCH3 is 1. The average molecular weight is 238 g/mol. The molecule has 0 amide bonds. The van der Waals surface area contributed by atoms with Crippen molar-refractivity contribution in [1.82, 2.24) is 0 Å². The molecule has 0 saturated carbocycles. The Kier molecular flexibility index (Phi) is 5.45. The Bertz CT molecular complexity index is 317. The molecule has 2 atom stereocenters. The summed E-state index contributed by atoms with van der Waals surface area (Å²) >= 11 is 0. The van der Waals surface area contributed by atoms with Crippen LogP contribution < -0.4 is 4.74 Å². The molecule has 0 saturated heterocycles. The van der Waals surface area contributed by atoms with Gasteiger partial charge >= 0.3 is 0 Å². The standard InChI is InChI=1S/C14H22O3/c1-4-10(5-2)13(15)14(16)11-6-8-12(17-3)9-7-11/h6-10,13-16H,4-5H2,1-3H3. The van der Waals surface area contributed by atoms with E-state index in [1.54, 1.807) is 31.4 Å². The van der Waals surface area contributed by atoms with Crippen molar-refractivity contribution in [3.05, 3.63) is 29.8 Å². The highest BCUT2D eigenvalue weighted by atomic mass is 16.5. The molecule has 0 aromatic heterocycles. The molecule has 0 fully saturated rings. The SMILES string of the molecule is CCC(CC)C(O)C(O)c1ccc(OC)cc1. The second-order valence-corrected chi connectivity index (χ2v) is 4.29. The van der Waals surface area contributed by atoms with E-state index < -0.39 is 12.2 Å². The van der Waals surface area contributed by atoms with Crippen LogP contribution in [0.25, 0.3) is 0 Å². The van der Waals surface area contributed by atoms with Crippen LogP contribution in [0.3, 0.4) is 0 Å². The van der Waals surface area contributed by atoms with E-state index in [0.717, 1.165) is 24.2 Å². The molecule has 1 aromatic carbocycles. The van der Waals surface area contributed by atoms with E-state index in [1.807, 2.05) is 13.8 Å². The van der Waals surface area contributed by atoms with Gasteiger partial charge in [-0.3, -0.25) is 0 Å². The molecule has 0 spiro atoms. The largest absolute Gasteiger partial charge is 0.497 e. The summed E-state index contributed by atoms with van der Waals surface area (Å²) in [5, 5.41) is 20.2. The van der Waals surface area contributed by atoms with E-state index in [2.05, 4.69) is 0 Å².